The summed E-state index contributed by atoms with van der Waals surface area (Å²) in [5.41, 5.74) is 3.49. The monoisotopic (exact) mass is 770 g/mol. The number of aromatic carboxylic acids is 2. The van der Waals surface area contributed by atoms with Gasteiger partial charge in [-0.2, -0.15) is 0 Å². The van der Waals surface area contributed by atoms with E-state index in [0.717, 1.165) is 11.0 Å². The Morgan fingerprint density at radius 1 is 0.534 bits per heavy atom. The molecule has 0 unspecified atom stereocenters. The number of aromatic nitrogens is 4. The van der Waals surface area contributed by atoms with Crippen molar-refractivity contribution in [1.82, 2.24) is 19.1 Å². The second kappa shape index (κ2) is 13.1. The Balaban J connectivity index is 1.69. The fraction of sp³-hybridized carbons (Fsp3) is 0.174. The van der Waals surface area contributed by atoms with Crippen LogP contribution in [0.4, 0.5) is 0 Å². The van der Waals surface area contributed by atoms with E-state index in [-0.39, 0.29) is 44.9 Å². The minimum Gasteiger partial charge on any atom is -0.493 e. The molecule has 0 saturated carbocycles. The smallest absolute Gasteiger partial charge is 0.336 e. The number of carboxylic acid groups (broad SMARTS) is 2. The highest BCUT2D eigenvalue weighted by atomic mass is 16.4. The third kappa shape index (κ3) is 5.21. The van der Waals surface area contributed by atoms with Crippen molar-refractivity contribution in [3.63, 3.8) is 0 Å². The zero-order valence-corrected chi connectivity index (χ0v) is 32.0. The minimum atomic E-state index is -1.29. The summed E-state index contributed by atoms with van der Waals surface area (Å²) in [5.74, 6) is -3.06. The second-order valence-corrected chi connectivity index (χ2v) is 15.6. The van der Waals surface area contributed by atoms with E-state index >= 15 is 0 Å². The van der Waals surface area contributed by atoms with E-state index in [1.807, 2.05) is 48.5 Å². The van der Waals surface area contributed by atoms with Crippen molar-refractivity contribution in [3.05, 3.63) is 107 Å². The van der Waals surface area contributed by atoms with E-state index in [2.05, 4.69) is 36.8 Å². The molecule has 6 N–H and O–H groups in total. The van der Waals surface area contributed by atoms with E-state index < -0.39 is 23.7 Å². The molecule has 0 amide bonds. The highest BCUT2D eigenvalue weighted by Gasteiger charge is 2.34. The fourth-order valence-corrected chi connectivity index (χ4v) is 8.91. The molecule has 7 aromatic carbocycles. The standard InChI is InChI=1S/C46H38N6O6/c1-21(2)19-51-31-11-7-5-9-29(31)49-43(51)39-36-25-15-18-28(46(57)58)34-27(45(55)56)17-14-23(33(25)34)24-13-16-26(41(47)53)37(35(24)36)38(42(48)54)40(39)44-50-30-10-6-8-12-32(30)52(44)20-22(3)4/h5-18,21-22H,19-20H2,1-4H3,(H2,47,53)(H2,48,54)(H,55,56)(H,57,58). The first-order valence-corrected chi connectivity index (χ1v) is 19.0. The number of aliphatic hydroxyl groups excluding tert-OH is 2. The third-order valence-electron chi connectivity index (χ3n) is 11.0. The van der Waals surface area contributed by atoms with Gasteiger partial charge in [-0.1, -0.05) is 70.2 Å². The Morgan fingerprint density at radius 3 is 1.48 bits per heavy atom. The number of carbonyl (C=O) groups is 2. The number of hydrogen-bond donors (Lipinski definition) is 6. The maximum absolute atomic E-state index is 12.9. The lowest BCUT2D eigenvalue weighted by Gasteiger charge is -2.25. The summed E-state index contributed by atoms with van der Waals surface area (Å²) >= 11 is 0. The predicted molar refractivity (Wildman–Crippen MR) is 228 cm³/mol. The van der Waals surface area contributed by atoms with Crippen molar-refractivity contribution in [1.29, 1.82) is 10.8 Å². The van der Waals surface area contributed by atoms with Gasteiger partial charge in [-0.25, -0.2) is 19.6 Å². The maximum Gasteiger partial charge on any atom is 0.336 e. The van der Waals surface area contributed by atoms with E-state index in [4.69, 9.17) is 20.8 Å². The molecule has 0 aliphatic carbocycles. The molecule has 12 heteroatoms. The lowest BCUT2D eigenvalue weighted by molar-refractivity contribution is 0.0695. The van der Waals surface area contributed by atoms with Crippen LogP contribution < -0.4 is 0 Å². The van der Waals surface area contributed by atoms with Crippen LogP contribution in [0.2, 0.25) is 0 Å². The van der Waals surface area contributed by atoms with Crippen molar-refractivity contribution >= 4 is 88.9 Å². The van der Waals surface area contributed by atoms with Crippen molar-refractivity contribution in [2.75, 3.05) is 0 Å². The van der Waals surface area contributed by atoms with Crippen LogP contribution in [0.1, 0.15) is 59.5 Å². The molecule has 9 rings (SSSR count). The first-order chi connectivity index (χ1) is 27.8. The molecule has 0 fully saturated rings. The maximum atomic E-state index is 12.9. The molecule has 2 heterocycles. The first kappa shape index (κ1) is 36.3. The highest BCUT2D eigenvalue weighted by molar-refractivity contribution is 6.41. The molecule has 58 heavy (non-hydrogen) atoms. The van der Waals surface area contributed by atoms with Gasteiger partial charge in [0.2, 0.25) is 11.8 Å². The topological polar surface area (TPSA) is 198 Å². The fourth-order valence-electron chi connectivity index (χ4n) is 8.91. The van der Waals surface area contributed by atoms with Crippen LogP contribution in [0.3, 0.4) is 0 Å². The van der Waals surface area contributed by atoms with Crippen LogP contribution in [0, 0.1) is 22.7 Å². The van der Waals surface area contributed by atoms with Crippen LogP contribution in [-0.4, -0.2) is 63.3 Å². The Bertz CT molecular complexity index is 3240. The van der Waals surface area contributed by atoms with Gasteiger partial charge in [0.1, 0.15) is 11.6 Å². The first-order valence-electron chi connectivity index (χ1n) is 19.0. The summed E-state index contributed by atoms with van der Waals surface area (Å²) in [6.07, 6.45) is 0. The lowest BCUT2D eigenvalue weighted by Crippen LogP contribution is -2.14. The summed E-state index contributed by atoms with van der Waals surface area (Å²) in [5, 5.41) is 64.8. The number of aliphatic hydroxyl groups is 2. The van der Waals surface area contributed by atoms with Crippen LogP contribution in [0.5, 0.6) is 0 Å². The van der Waals surface area contributed by atoms with Gasteiger partial charge in [-0.05, 0) is 81.2 Å². The van der Waals surface area contributed by atoms with Crippen LogP contribution in [-0.2, 0) is 13.1 Å². The zero-order valence-electron chi connectivity index (χ0n) is 32.0. The van der Waals surface area contributed by atoms with Crippen LogP contribution in [0.15, 0.2) is 84.9 Å². The molecular formula is C46H38N6O6. The lowest BCUT2D eigenvalue weighted by atomic mass is 9.80. The Kier molecular flexibility index (Phi) is 8.21. The molecule has 0 saturated heterocycles. The normalized spacial score (nSPS) is 12.1. The molecule has 0 radical (unpaired) electrons. The SMILES string of the molecule is CC(C)Cn1c(-c2c(C(=N)O)c3c(C(=N)O)ccc4c5ccc(C(=O)O)c6c(C(=O)O)ccc(c(c2-c2nc7ccccc7n2CC(C)C)c34)c65)nc2ccccc21. The molecule has 12 nitrogen and oxygen atoms in total. The average molecular weight is 771 g/mol. The average Bonchev–Trinajstić information content (AvgIpc) is 3.72. The van der Waals surface area contributed by atoms with E-state index in [9.17, 15) is 30.0 Å². The predicted octanol–water partition coefficient (Wildman–Crippen LogP) is 10.2. The minimum absolute atomic E-state index is 0.0249. The second-order valence-electron chi connectivity index (χ2n) is 15.6. The van der Waals surface area contributed by atoms with Gasteiger partial charge in [-0.3, -0.25) is 10.8 Å². The number of para-hydroxylation sites is 4. The number of nitrogens with zero attached hydrogens (tertiary/aromatic N) is 4. The highest BCUT2D eigenvalue weighted by Crippen LogP contribution is 2.52. The van der Waals surface area contributed by atoms with Crippen molar-refractivity contribution in [3.8, 4) is 22.8 Å². The summed E-state index contributed by atoms with van der Waals surface area (Å²) < 4.78 is 4.15. The summed E-state index contributed by atoms with van der Waals surface area (Å²) in [6.45, 7) is 9.36. The quantitative estimate of drug-likeness (QED) is 0.0341. The van der Waals surface area contributed by atoms with E-state index in [1.54, 1.807) is 18.2 Å². The number of fused-ring (bicyclic) bond motifs is 4. The van der Waals surface area contributed by atoms with Crippen molar-refractivity contribution in [2.45, 2.75) is 40.8 Å². The van der Waals surface area contributed by atoms with Crippen molar-refractivity contribution < 1.29 is 30.0 Å². The van der Waals surface area contributed by atoms with Gasteiger partial charge in [0.15, 0.2) is 0 Å². The van der Waals surface area contributed by atoms with E-state index in [1.165, 1.54) is 18.2 Å². The molecule has 9 aromatic rings. The summed E-state index contributed by atoms with van der Waals surface area (Å²) in [4.78, 5) is 36.2. The molecule has 0 aliphatic rings. The van der Waals surface area contributed by atoms with E-state index in [0.29, 0.717) is 79.2 Å². The third-order valence-corrected chi connectivity index (χ3v) is 11.0. The van der Waals surface area contributed by atoms with Gasteiger partial charge in [0.25, 0.3) is 0 Å². The Morgan fingerprint density at radius 2 is 1.00 bits per heavy atom. The van der Waals surface area contributed by atoms with Gasteiger partial charge < -0.3 is 29.6 Å². The zero-order chi connectivity index (χ0) is 40.9. The Hall–Kier alpha value is -7.34. The number of carboxylic acids is 2. The number of nitrogens with one attached hydrogen (secondary N) is 2. The van der Waals surface area contributed by atoms with Crippen molar-refractivity contribution in [2.24, 2.45) is 11.8 Å². The summed E-state index contributed by atoms with van der Waals surface area (Å²) in [7, 11) is 0. The number of rotatable bonds is 10. The molecule has 0 atom stereocenters. The van der Waals surface area contributed by atoms with Crippen LogP contribution >= 0.6 is 0 Å². The molecule has 0 spiro atoms. The van der Waals surface area contributed by atoms with Gasteiger partial charge in [0.05, 0.1) is 38.8 Å². The number of hydrogen-bond acceptors (Lipinski definition) is 6. The molecule has 0 aliphatic heterocycles. The van der Waals surface area contributed by atoms with Gasteiger partial charge in [0, 0.05) is 45.9 Å². The Labute approximate surface area is 330 Å². The summed E-state index contributed by atoms with van der Waals surface area (Å²) in [6, 6.07) is 24.7. The van der Waals surface area contributed by atoms with Crippen LogP contribution in [0.25, 0.3) is 87.9 Å². The number of imidazole rings is 2. The number of benzene rings is 7. The molecule has 0 bridgehead atoms. The van der Waals surface area contributed by atoms with Gasteiger partial charge in [-0.15, -0.1) is 0 Å². The van der Waals surface area contributed by atoms with Gasteiger partial charge >= 0.3 is 11.9 Å². The molecule has 2 aromatic heterocycles. The molecule has 288 valence electrons. The largest absolute Gasteiger partial charge is 0.493 e. The molecular weight excluding hydrogens is 733 g/mol.